The van der Waals surface area contributed by atoms with E-state index < -0.39 is 0 Å². The number of hydrogen-bond donors (Lipinski definition) is 0. The number of rotatable bonds is 7. The van der Waals surface area contributed by atoms with Gasteiger partial charge in [0.15, 0.2) is 11.5 Å². The number of ether oxygens (including phenoxy) is 3. The third-order valence-electron chi connectivity index (χ3n) is 2.26. The topological polar surface area (TPSA) is 31.0 Å². The van der Waals surface area contributed by atoms with Gasteiger partial charge >= 0.3 is 0 Å². The Bertz CT molecular complexity index is 345. The van der Waals surface area contributed by atoms with Gasteiger partial charge in [0.2, 0.25) is 0 Å². The Morgan fingerprint density at radius 3 is 2.62 bits per heavy atom. The molecule has 1 aromatic carbocycles. The van der Waals surface area contributed by atoms with Crippen LogP contribution in [0.1, 0.15) is 6.42 Å². The van der Waals surface area contributed by atoms with Gasteiger partial charge in [-0.1, -0.05) is 18.2 Å². The smallest absolute Gasteiger partial charge is 0.161 e. The summed E-state index contributed by atoms with van der Waals surface area (Å²) in [6.07, 6.45) is 2.93. The molecule has 2 rings (SSSR count). The Balaban J connectivity index is 1.89. The first-order valence-corrected chi connectivity index (χ1v) is 5.47. The molecule has 0 aliphatic carbocycles. The van der Waals surface area contributed by atoms with Gasteiger partial charge < -0.3 is 14.2 Å². The monoisotopic (exact) mass is 220 g/mol. The zero-order valence-corrected chi connectivity index (χ0v) is 9.22. The summed E-state index contributed by atoms with van der Waals surface area (Å²) in [5, 5.41) is 0. The SMILES string of the molecule is C=CCCOc1ccccc1OCC1CO1. The van der Waals surface area contributed by atoms with Crippen molar-refractivity contribution in [3.63, 3.8) is 0 Å². The molecular weight excluding hydrogens is 204 g/mol. The zero-order valence-electron chi connectivity index (χ0n) is 9.22. The normalized spacial score (nSPS) is 17.9. The van der Waals surface area contributed by atoms with Crippen molar-refractivity contribution in [2.45, 2.75) is 12.5 Å². The van der Waals surface area contributed by atoms with Crippen molar-refractivity contribution >= 4 is 0 Å². The lowest BCUT2D eigenvalue weighted by Crippen LogP contribution is -2.06. The number of para-hydroxylation sites is 2. The molecule has 1 atom stereocenters. The van der Waals surface area contributed by atoms with Crippen LogP contribution in [0.15, 0.2) is 36.9 Å². The quantitative estimate of drug-likeness (QED) is 0.401. The van der Waals surface area contributed by atoms with Gasteiger partial charge in [-0.15, -0.1) is 6.58 Å². The molecular formula is C13H16O3. The highest BCUT2D eigenvalue weighted by Crippen LogP contribution is 2.27. The molecule has 0 bridgehead atoms. The maximum atomic E-state index is 5.62. The standard InChI is InChI=1S/C13H16O3/c1-2-3-8-14-12-6-4-5-7-13(12)16-10-11-9-15-11/h2,4-7,11H,1,3,8-10H2. The second-order valence-corrected chi connectivity index (χ2v) is 3.64. The average Bonchev–Trinajstić information content (AvgIpc) is 3.12. The van der Waals surface area contributed by atoms with Gasteiger partial charge in [-0.2, -0.15) is 0 Å². The summed E-state index contributed by atoms with van der Waals surface area (Å²) in [5.41, 5.74) is 0. The van der Waals surface area contributed by atoms with Crippen LogP contribution < -0.4 is 9.47 Å². The molecule has 1 aliphatic heterocycles. The van der Waals surface area contributed by atoms with Crippen LogP contribution in [0, 0.1) is 0 Å². The van der Waals surface area contributed by atoms with E-state index in [0.29, 0.717) is 13.2 Å². The minimum absolute atomic E-state index is 0.265. The highest BCUT2D eigenvalue weighted by Gasteiger charge is 2.23. The maximum Gasteiger partial charge on any atom is 0.161 e. The maximum absolute atomic E-state index is 5.62. The van der Waals surface area contributed by atoms with E-state index in [9.17, 15) is 0 Å². The van der Waals surface area contributed by atoms with Gasteiger partial charge in [-0.3, -0.25) is 0 Å². The molecule has 0 N–H and O–H groups in total. The Labute approximate surface area is 95.6 Å². The van der Waals surface area contributed by atoms with Crippen LogP contribution in [-0.4, -0.2) is 25.9 Å². The van der Waals surface area contributed by atoms with Crippen LogP contribution in [0.4, 0.5) is 0 Å². The first-order valence-electron chi connectivity index (χ1n) is 5.47. The van der Waals surface area contributed by atoms with Crippen molar-refractivity contribution in [1.82, 2.24) is 0 Å². The summed E-state index contributed by atoms with van der Waals surface area (Å²) in [4.78, 5) is 0. The Morgan fingerprint density at radius 2 is 2.00 bits per heavy atom. The lowest BCUT2D eigenvalue weighted by Gasteiger charge is -2.11. The van der Waals surface area contributed by atoms with E-state index in [4.69, 9.17) is 14.2 Å². The van der Waals surface area contributed by atoms with Crippen molar-refractivity contribution in [3.8, 4) is 11.5 Å². The van der Waals surface area contributed by atoms with Crippen molar-refractivity contribution < 1.29 is 14.2 Å². The molecule has 1 fully saturated rings. The lowest BCUT2D eigenvalue weighted by atomic mass is 10.3. The largest absolute Gasteiger partial charge is 0.489 e. The molecule has 3 heteroatoms. The van der Waals surface area contributed by atoms with E-state index in [1.807, 2.05) is 30.3 Å². The Morgan fingerprint density at radius 1 is 1.31 bits per heavy atom. The van der Waals surface area contributed by atoms with E-state index in [1.54, 1.807) is 0 Å². The molecule has 16 heavy (non-hydrogen) atoms. The highest BCUT2D eigenvalue weighted by molar-refractivity contribution is 5.39. The van der Waals surface area contributed by atoms with Crippen LogP contribution in [-0.2, 0) is 4.74 Å². The van der Waals surface area contributed by atoms with Gasteiger partial charge in [0, 0.05) is 0 Å². The fraction of sp³-hybridized carbons (Fsp3) is 0.385. The highest BCUT2D eigenvalue weighted by atomic mass is 16.6. The van der Waals surface area contributed by atoms with Crippen LogP contribution >= 0.6 is 0 Å². The third-order valence-corrected chi connectivity index (χ3v) is 2.26. The van der Waals surface area contributed by atoms with Crippen LogP contribution in [0.3, 0.4) is 0 Å². The summed E-state index contributed by atoms with van der Waals surface area (Å²) < 4.78 is 16.3. The molecule has 1 aliphatic rings. The number of hydrogen-bond acceptors (Lipinski definition) is 3. The van der Waals surface area contributed by atoms with Crippen molar-refractivity contribution in [1.29, 1.82) is 0 Å². The van der Waals surface area contributed by atoms with Crippen molar-refractivity contribution in [3.05, 3.63) is 36.9 Å². The average molecular weight is 220 g/mol. The summed E-state index contributed by atoms with van der Waals surface area (Å²) in [6.45, 7) is 5.69. The fourth-order valence-corrected chi connectivity index (χ4v) is 1.29. The van der Waals surface area contributed by atoms with Gasteiger partial charge in [0.05, 0.1) is 13.2 Å². The van der Waals surface area contributed by atoms with Crippen LogP contribution in [0.5, 0.6) is 11.5 Å². The van der Waals surface area contributed by atoms with Gasteiger partial charge in [0.1, 0.15) is 12.7 Å². The molecule has 86 valence electrons. The first kappa shape index (κ1) is 11.0. The van der Waals surface area contributed by atoms with E-state index >= 15 is 0 Å². The molecule has 1 heterocycles. The molecule has 0 spiro atoms. The predicted octanol–water partition coefficient (Wildman–Crippen LogP) is 2.42. The molecule has 3 nitrogen and oxygen atoms in total. The third kappa shape index (κ3) is 3.28. The molecule has 0 aromatic heterocycles. The first-order chi connectivity index (χ1) is 7.90. The van der Waals surface area contributed by atoms with Gasteiger partial charge in [-0.25, -0.2) is 0 Å². The van der Waals surface area contributed by atoms with Crippen molar-refractivity contribution in [2.75, 3.05) is 19.8 Å². The molecule has 1 unspecified atom stereocenters. The second kappa shape index (κ2) is 5.56. The van der Waals surface area contributed by atoms with Gasteiger partial charge in [0.25, 0.3) is 0 Å². The van der Waals surface area contributed by atoms with Crippen LogP contribution in [0.25, 0.3) is 0 Å². The molecule has 1 saturated heterocycles. The summed E-state index contributed by atoms with van der Waals surface area (Å²) in [7, 11) is 0. The number of benzene rings is 1. The minimum Gasteiger partial charge on any atom is -0.489 e. The van der Waals surface area contributed by atoms with E-state index in [-0.39, 0.29) is 6.10 Å². The van der Waals surface area contributed by atoms with Crippen molar-refractivity contribution in [2.24, 2.45) is 0 Å². The Kier molecular flexibility index (Phi) is 3.83. The summed E-state index contributed by atoms with van der Waals surface area (Å²) in [5.74, 6) is 1.56. The lowest BCUT2D eigenvalue weighted by molar-refractivity contribution is 0.242. The van der Waals surface area contributed by atoms with E-state index in [1.165, 1.54) is 0 Å². The predicted molar refractivity (Wildman–Crippen MR) is 62.0 cm³/mol. The minimum atomic E-state index is 0.265. The molecule has 0 radical (unpaired) electrons. The van der Waals surface area contributed by atoms with E-state index in [2.05, 4.69) is 6.58 Å². The van der Waals surface area contributed by atoms with E-state index in [0.717, 1.165) is 24.5 Å². The molecule has 0 amide bonds. The second-order valence-electron chi connectivity index (χ2n) is 3.64. The van der Waals surface area contributed by atoms with Crippen LogP contribution in [0.2, 0.25) is 0 Å². The van der Waals surface area contributed by atoms with Gasteiger partial charge in [-0.05, 0) is 18.6 Å². The fourth-order valence-electron chi connectivity index (χ4n) is 1.29. The Hall–Kier alpha value is -1.48. The number of epoxide rings is 1. The summed E-state index contributed by atoms with van der Waals surface area (Å²) >= 11 is 0. The molecule has 1 aromatic rings. The zero-order chi connectivity index (χ0) is 11.2. The molecule has 0 saturated carbocycles. The summed E-state index contributed by atoms with van der Waals surface area (Å²) in [6, 6.07) is 7.69.